The third-order valence-corrected chi connectivity index (χ3v) is 4.68. The van der Waals surface area contributed by atoms with Crippen molar-refractivity contribution in [2.24, 2.45) is 5.92 Å². The molecule has 1 atom stereocenters. The summed E-state index contributed by atoms with van der Waals surface area (Å²) in [4.78, 5) is 28.2. The van der Waals surface area contributed by atoms with E-state index in [0.29, 0.717) is 18.2 Å². The fourth-order valence-corrected chi connectivity index (χ4v) is 3.41. The molecule has 8 heteroatoms. The van der Waals surface area contributed by atoms with E-state index < -0.39 is 0 Å². The molecular formula is C15H25N5O2S. The fraction of sp³-hybridized carbons (Fsp3) is 0.733. The number of amides is 2. The van der Waals surface area contributed by atoms with Crippen LogP contribution in [-0.4, -0.2) is 65.5 Å². The Hall–Kier alpha value is -1.54. The van der Waals surface area contributed by atoms with Gasteiger partial charge in [0.2, 0.25) is 16.9 Å². The van der Waals surface area contributed by atoms with Gasteiger partial charge in [-0.2, -0.15) is 0 Å². The highest BCUT2D eigenvalue weighted by Gasteiger charge is 2.34. The molecule has 1 fully saturated rings. The van der Waals surface area contributed by atoms with Crippen LogP contribution >= 0.6 is 11.3 Å². The molecule has 0 aromatic carbocycles. The molecule has 128 valence electrons. The number of carbonyl (C=O) groups excluding carboxylic acids is 2. The van der Waals surface area contributed by atoms with Gasteiger partial charge in [-0.05, 0) is 33.5 Å². The van der Waals surface area contributed by atoms with Crippen molar-refractivity contribution in [2.45, 2.75) is 32.6 Å². The molecule has 1 aliphatic heterocycles. The largest absolute Gasteiger partial charge is 0.342 e. The zero-order chi connectivity index (χ0) is 16.8. The Kier molecular flexibility index (Phi) is 6.47. The molecule has 23 heavy (non-hydrogen) atoms. The van der Waals surface area contributed by atoms with Gasteiger partial charge in [-0.1, -0.05) is 18.3 Å². The summed E-state index contributed by atoms with van der Waals surface area (Å²) in [5.74, 6) is -0.360. The smallest absolute Gasteiger partial charge is 0.231 e. The quantitative estimate of drug-likeness (QED) is 0.771. The van der Waals surface area contributed by atoms with Crippen LogP contribution in [0.25, 0.3) is 0 Å². The van der Waals surface area contributed by atoms with Gasteiger partial charge in [0.1, 0.15) is 5.01 Å². The molecule has 1 unspecified atom stereocenters. The number of aromatic nitrogens is 2. The number of nitrogens with one attached hydrogen (secondary N) is 1. The zero-order valence-corrected chi connectivity index (χ0v) is 14.9. The van der Waals surface area contributed by atoms with Crippen molar-refractivity contribution in [1.29, 1.82) is 0 Å². The van der Waals surface area contributed by atoms with Gasteiger partial charge >= 0.3 is 0 Å². The van der Waals surface area contributed by atoms with E-state index in [1.54, 1.807) is 4.90 Å². The van der Waals surface area contributed by atoms with Crippen LogP contribution in [-0.2, 0) is 16.0 Å². The molecule has 2 rings (SSSR count). The number of hydrogen-bond acceptors (Lipinski definition) is 6. The minimum atomic E-state index is -0.291. The fourth-order valence-electron chi connectivity index (χ4n) is 2.57. The van der Waals surface area contributed by atoms with E-state index in [-0.39, 0.29) is 24.2 Å². The third-order valence-electron chi connectivity index (χ3n) is 3.78. The van der Waals surface area contributed by atoms with E-state index in [0.717, 1.165) is 30.8 Å². The number of likely N-dealkylation sites (tertiary alicyclic amines) is 1. The summed E-state index contributed by atoms with van der Waals surface area (Å²) in [6, 6.07) is 0. The van der Waals surface area contributed by atoms with Gasteiger partial charge in [-0.3, -0.25) is 9.59 Å². The molecule has 0 bridgehead atoms. The second kappa shape index (κ2) is 8.35. The van der Waals surface area contributed by atoms with Crippen LogP contribution < -0.4 is 5.32 Å². The molecule has 1 aliphatic rings. The first-order chi connectivity index (χ1) is 11.0. The SMILES string of the molecule is CCCc1nnc(NC(=O)C2CC(=O)N(CCCN(C)C)C2)s1. The maximum Gasteiger partial charge on any atom is 0.231 e. The highest BCUT2D eigenvalue weighted by Crippen LogP contribution is 2.22. The Morgan fingerprint density at radius 2 is 2.22 bits per heavy atom. The van der Waals surface area contributed by atoms with Crippen molar-refractivity contribution in [3.63, 3.8) is 0 Å². The van der Waals surface area contributed by atoms with Crippen molar-refractivity contribution in [1.82, 2.24) is 20.0 Å². The van der Waals surface area contributed by atoms with Gasteiger partial charge in [0.25, 0.3) is 0 Å². The lowest BCUT2D eigenvalue weighted by Crippen LogP contribution is -2.30. The van der Waals surface area contributed by atoms with Crippen molar-refractivity contribution < 1.29 is 9.59 Å². The summed E-state index contributed by atoms with van der Waals surface area (Å²) >= 11 is 1.41. The first kappa shape index (κ1) is 17.8. The number of nitrogens with zero attached hydrogens (tertiary/aromatic N) is 4. The van der Waals surface area contributed by atoms with Crippen LogP contribution in [0.3, 0.4) is 0 Å². The molecule has 2 heterocycles. The van der Waals surface area contributed by atoms with Crippen LogP contribution in [0.1, 0.15) is 31.2 Å². The highest BCUT2D eigenvalue weighted by atomic mass is 32.1. The molecule has 1 N–H and O–H groups in total. The topological polar surface area (TPSA) is 78.4 Å². The maximum atomic E-state index is 12.3. The van der Waals surface area contributed by atoms with Gasteiger partial charge in [0.05, 0.1) is 5.92 Å². The summed E-state index contributed by atoms with van der Waals surface area (Å²) in [5, 5.41) is 12.3. The van der Waals surface area contributed by atoms with Crippen molar-refractivity contribution in [2.75, 3.05) is 39.0 Å². The standard InChI is InChI=1S/C15H25N5O2S/c1-4-6-12-17-18-15(23-12)16-14(22)11-9-13(21)20(10-11)8-5-7-19(2)3/h11H,4-10H2,1-3H3,(H,16,18,22). The minimum absolute atomic E-state index is 0.0628. The molecule has 0 saturated carbocycles. The van der Waals surface area contributed by atoms with Crippen molar-refractivity contribution in [3.8, 4) is 0 Å². The van der Waals surface area contributed by atoms with Gasteiger partial charge in [-0.25, -0.2) is 0 Å². The van der Waals surface area contributed by atoms with Crippen LogP contribution in [0.15, 0.2) is 0 Å². The molecular weight excluding hydrogens is 314 g/mol. The molecule has 2 amide bonds. The lowest BCUT2D eigenvalue weighted by Gasteiger charge is -2.17. The first-order valence-corrected chi connectivity index (χ1v) is 8.87. The van der Waals surface area contributed by atoms with Gasteiger partial charge < -0.3 is 15.1 Å². The van der Waals surface area contributed by atoms with Crippen LogP contribution in [0.2, 0.25) is 0 Å². The van der Waals surface area contributed by atoms with E-state index in [1.165, 1.54) is 11.3 Å². The Labute approximate surface area is 141 Å². The molecule has 0 aliphatic carbocycles. The van der Waals surface area contributed by atoms with E-state index in [4.69, 9.17) is 0 Å². The summed E-state index contributed by atoms with van der Waals surface area (Å²) in [7, 11) is 4.02. The molecule has 0 radical (unpaired) electrons. The molecule has 1 saturated heterocycles. The Balaban J connectivity index is 1.82. The van der Waals surface area contributed by atoms with Gasteiger partial charge in [0.15, 0.2) is 0 Å². The maximum absolute atomic E-state index is 12.3. The second-order valence-corrected chi connectivity index (χ2v) is 7.20. The predicted octanol–water partition coefficient (Wildman–Crippen LogP) is 1.23. The Bertz CT molecular complexity index is 546. The number of aryl methyl sites for hydroxylation is 1. The first-order valence-electron chi connectivity index (χ1n) is 8.05. The van der Waals surface area contributed by atoms with Crippen LogP contribution in [0, 0.1) is 5.92 Å². The number of anilines is 1. The number of carbonyl (C=O) groups is 2. The summed E-state index contributed by atoms with van der Waals surface area (Å²) in [6.07, 6.45) is 3.08. The average Bonchev–Trinajstić information content (AvgIpc) is 3.06. The lowest BCUT2D eigenvalue weighted by molar-refractivity contribution is -0.128. The van der Waals surface area contributed by atoms with E-state index >= 15 is 0 Å². The van der Waals surface area contributed by atoms with E-state index in [2.05, 4.69) is 27.3 Å². The summed E-state index contributed by atoms with van der Waals surface area (Å²) < 4.78 is 0. The van der Waals surface area contributed by atoms with Crippen molar-refractivity contribution in [3.05, 3.63) is 5.01 Å². The van der Waals surface area contributed by atoms with Gasteiger partial charge in [0, 0.05) is 25.9 Å². The summed E-state index contributed by atoms with van der Waals surface area (Å²) in [5.41, 5.74) is 0. The lowest BCUT2D eigenvalue weighted by atomic mass is 10.1. The van der Waals surface area contributed by atoms with Crippen molar-refractivity contribution >= 4 is 28.3 Å². The molecule has 0 spiro atoms. The minimum Gasteiger partial charge on any atom is -0.342 e. The van der Waals surface area contributed by atoms with E-state index in [1.807, 2.05) is 14.1 Å². The summed E-state index contributed by atoms with van der Waals surface area (Å²) in [6.45, 7) is 4.22. The van der Waals surface area contributed by atoms with E-state index in [9.17, 15) is 9.59 Å². The zero-order valence-electron chi connectivity index (χ0n) is 14.0. The third kappa shape index (κ3) is 5.24. The number of hydrogen-bond donors (Lipinski definition) is 1. The van der Waals surface area contributed by atoms with Crippen LogP contribution in [0.4, 0.5) is 5.13 Å². The highest BCUT2D eigenvalue weighted by molar-refractivity contribution is 7.15. The monoisotopic (exact) mass is 339 g/mol. The Morgan fingerprint density at radius 1 is 1.43 bits per heavy atom. The van der Waals surface area contributed by atoms with Gasteiger partial charge in [-0.15, -0.1) is 10.2 Å². The molecule has 1 aromatic rings. The molecule has 1 aromatic heterocycles. The Morgan fingerprint density at radius 3 is 2.91 bits per heavy atom. The predicted molar refractivity (Wildman–Crippen MR) is 90.4 cm³/mol. The normalized spacial score (nSPS) is 18.0. The average molecular weight is 339 g/mol. The molecule has 7 nitrogen and oxygen atoms in total. The van der Waals surface area contributed by atoms with Crippen LogP contribution in [0.5, 0.6) is 0 Å². The second-order valence-electron chi connectivity index (χ2n) is 6.14. The number of rotatable bonds is 8.